The van der Waals surface area contributed by atoms with Crippen LogP contribution in [-0.2, 0) is 0 Å². The van der Waals surface area contributed by atoms with E-state index in [1.807, 2.05) is 0 Å². The van der Waals surface area contributed by atoms with E-state index in [9.17, 15) is 9.90 Å². The predicted octanol–water partition coefficient (Wildman–Crippen LogP) is 1.98. The summed E-state index contributed by atoms with van der Waals surface area (Å²) in [7, 11) is 3.10. The third-order valence-corrected chi connectivity index (χ3v) is 4.04. The molecule has 1 saturated carbocycles. The fourth-order valence-corrected chi connectivity index (χ4v) is 2.73. The van der Waals surface area contributed by atoms with Crippen molar-refractivity contribution in [2.45, 2.75) is 31.8 Å². The summed E-state index contributed by atoms with van der Waals surface area (Å²) >= 11 is 0. The van der Waals surface area contributed by atoms with Gasteiger partial charge in [0.15, 0.2) is 11.5 Å². The van der Waals surface area contributed by atoms with E-state index >= 15 is 0 Å². The van der Waals surface area contributed by atoms with Crippen molar-refractivity contribution in [3.8, 4) is 11.5 Å². The van der Waals surface area contributed by atoms with E-state index in [0.29, 0.717) is 23.6 Å². The second kappa shape index (κ2) is 7.31. The molecule has 2 atom stereocenters. The molecule has 1 fully saturated rings. The zero-order valence-corrected chi connectivity index (χ0v) is 12.6. The Balaban J connectivity index is 1.96. The third-order valence-electron chi connectivity index (χ3n) is 4.04. The Kier molecular flexibility index (Phi) is 5.44. The van der Waals surface area contributed by atoms with Crippen LogP contribution in [0.15, 0.2) is 18.2 Å². The fourth-order valence-electron chi connectivity index (χ4n) is 2.73. The molecular formula is C16H23NO4. The highest BCUT2D eigenvalue weighted by atomic mass is 16.5. The summed E-state index contributed by atoms with van der Waals surface area (Å²) in [5.41, 5.74) is 0.526. The van der Waals surface area contributed by atoms with Crippen molar-refractivity contribution in [1.82, 2.24) is 5.32 Å². The Bertz CT molecular complexity index is 489. The maximum atomic E-state index is 12.2. The number of benzene rings is 1. The van der Waals surface area contributed by atoms with Crippen molar-refractivity contribution in [2.75, 3.05) is 20.8 Å². The van der Waals surface area contributed by atoms with E-state index in [1.165, 1.54) is 7.11 Å². The van der Waals surface area contributed by atoms with Crippen molar-refractivity contribution < 1.29 is 19.4 Å². The predicted molar refractivity (Wildman–Crippen MR) is 79.8 cm³/mol. The summed E-state index contributed by atoms with van der Waals surface area (Å²) < 4.78 is 10.3. The number of ether oxygens (including phenoxy) is 2. The van der Waals surface area contributed by atoms with Crippen LogP contribution in [0.2, 0.25) is 0 Å². The average molecular weight is 293 g/mol. The summed E-state index contributed by atoms with van der Waals surface area (Å²) in [6.07, 6.45) is 3.68. The van der Waals surface area contributed by atoms with Crippen molar-refractivity contribution >= 4 is 5.91 Å². The monoisotopic (exact) mass is 293 g/mol. The van der Waals surface area contributed by atoms with E-state index in [1.54, 1.807) is 25.3 Å². The van der Waals surface area contributed by atoms with Gasteiger partial charge < -0.3 is 19.9 Å². The number of nitrogens with one attached hydrogen (secondary N) is 1. The number of aliphatic hydroxyl groups is 1. The van der Waals surface area contributed by atoms with Crippen LogP contribution in [-0.4, -0.2) is 37.9 Å². The van der Waals surface area contributed by atoms with Gasteiger partial charge in [0.2, 0.25) is 0 Å². The quantitative estimate of drug-likeness (QED) is 0.871. The number of methoxy groups -OCH3 is 2. The molecule has 0 saturated heterocycles. The van der Waals surface area contributed by atoms with Gasteiger partial charge in [-0.2, -0.15) is 0 Å². The smallest absolute Gasteiger partial charge is 0.251 e. The van der Waals surface area contributed by atoms with E-state index in [4.69, 9.17) is 9.47 Å². The third kappa shape index (κ3) is 3.88. The zero-order valence-electron chi connectivity index (χ0n) is 12.6. The first-order valence-electron chi connectivity index (χ1n) is 7.34. The minimum atomic E-state index is -0.301. The molecule has 0 aliphatic heterocycles. The number of hydrogen-bond donors (Lipinski definition) is 2. The van der Waals surface area contributed by atoms with Gasteiger partial charge in [0.1, 0.15) is 0 Å². The van der Waals surface area contributed by atoms with Gasteiger partial charge in [-0.05, 0) is 31.0 Å². The number of carbonyl (C=O) groups is 1. The average Bonchev–Trinajstić information content (AvgIpc) is 2.53. The SMILES string of the molecule is COc1ccc(C(=O)NCC2CCCCC2O)cc1OC. The Morgan fingerprint density at radius 3 is 2.62 bits per heavy atom. The van der Waals surface area contributed by atoms with E-state index in [0.717, 1.165) is 25.7 Å². The van der Waals surface area contributed by atoms with Gasteiger partial charge in [-0.1, -0.05) is 12.8 Å². The number of amides is 1. The highest BCUT2D eigenvalue weighted by molar-refractivity contribution is 5.94. The summed E-state index contributed by atoms with van der Waals surface area (Å²) in [5, 5.41) is 12.8. The van der Waals surface area contributed by atoms with Gasteiger partial charge in [0.05, 0.1) is 20.3 Å². The molecule has 1 aromatic rings. The van der Waals surface area contributed by atoms with E-state index in [2.05, 4.69) is 5.32 Å². The molecular weight excluding hydrogens is 270 g/mol. The molecule has 0 aromatic heterocycles. The first-order chi connectivity index (χ1) is 10.2. The van der Waals surface area contributed by atoms with Crippen LogP contribution < -0.4 is 14.8 Å². The van der Waals surface area contributed by atoms with Crippen molar-refractivity contribution in [1.29, 1.82) is 0 Å². The maximum Gasteiger partial charge on any atom is 0.251 e. The van der Waals surface area contributed by atoms with Crippen molar-refractivity contribution in [2.24, 2.45) is 5.92 Å². The number of aliphatic hydroxyl groups excluding tert-OH is 1. The van der Waals surface area contributed by atoms with Crippen LogP contribution in [0.1, 0.15) is 36.0 Å². The van der Waals surface area contributed by atoms with Gasteiger partial charge in [0.25, 0.3) is 5.91 Å². The molecule has 1 aliphatic carbocycles. The highest BCUT2D eigenvalue weighted by Crippen LogP contribution is 2.28. The Morgan fingerprint density at radius 1 is 1.24 bits per heavy atom. The lowest BCUT2D eigenvalue weighted by atomic mass is 9.86. The fraction of sp³-hybridized carbons (Fsp3) is 0.562. The molecule has 0 heterocycles. The summed E-state index contributed by atoms with van der Waals surface area (Å²) in [5.74, 6) is 1.12. The topological polar surface area (TPSA) is 67.8 Å². The molecule has 0 radical (unpaired) electrons. The standard InChI is InChI=1S/C16H23NO4/c1-20-14-8-7-11(9-15(14)21-2)16(19)17-10-12-5-3-4-6-13(12)18/h7-9,12-13,18H,3-6,10H2,1-2H3,(H,17,19). The van der Waals surface area contributed by atoms with E-state index < -0.39 is 0 Å². The van der Waals surface area contributed by atoms with Gasteiger partial charge >= 0.3 is 0 Å². The lowest BCUT2D eigenvalue weighted by Gasteiger charge is -2.27. The second-order valence-corrected chi connectivity index (χ2v) is 5.39. The van der Waals surface area contributed by atoms with E-state index in [-0.39, 0.29) is 17.9 Å². The van der Waals surface area contributed by atoms with Crippen LogP contribution in [0, 0.1) is 5.92 Å². The van der Waals surface area contributed by atoms with Crippen LogP contribution in [0.3, 0.4) is 0 Å². The normalized spacial score (nSPS) is 21.7. The van der Waals surface area contributed by atoms with Crippen molar-refractivity contribution in [3.63, 3.8) is 0 Å². The lowest BCUT2D eigenvalue weighted by Crippen LogP contribution is -2.36. The molecule has 1 aliphatic rings. The largest absolute Gasteiger partial charge is 0.493 e. The number of hydrogen-bond acceptors (Lipinski definition) is 4. The summed E-state index contributed by atoms with van der Waals surface area (Å²) in [6.45, 7) is 0.508. The van der Waals surface area contributed by atoms with Gasteiger partial charge in [-0.3, -0.25) is 4.79 Å². The molecule has 2 unspecified atom stereocenters. The van der Waals surface area contributed by atoms with Crippen LogP contribution >= 0.6 is 0 Å². The molecule has 5 heteroatoms. The Hall–Kier alpha value is -1.75. The minimum Gasteiger partial charge on any atom is -0.493 e. The van der Waals surface area contributed by atoms with Gasteiger partial charge in [-0.25, -0.2) is 0 Å². The highest BCUT2D eigenvalue weighted by Gasteiger charge is 2.23. The zero-order chi connectivity index (χ0) is 15.2. The number of carbonyl (C=O) groups excluding carboxylic acids is 1. The molecule has 116 valence electrons. The van der Waals surface area contributed by atoms with Crippen LogP contribution in [0.4, 0.5) is 0 Å². The Labute approximate surface area is 125 Å². The Morgan fingerprint density at radius 2 is 1.95 bits per heavy atom. The van der Waals surface area contributed by atoms with Gasteiger partial charge in [0, 0.05) is 18.0 Å². The first kappa shape index (κ1) is 15.6. The molecule has 0 spiro atoms. The molecule has 1 amide bonds. The van der Waals surface area contributed by atoms with Crippen LogP contribution in [0.25, 0.3) is 0 Å². The summed E-state index contributed by atoms with van der Waals surface area (Å²) in [4.78, 5) is 12.2. The molecule has 1 aromatic carbocycles. The molecule has 2 rings (SSSR count). The lowest BCUT2D eigenvalue weighted by molar-refractivity contribution is 0.0663. The summed E-state index contributed by atoms with van der Waals surface area (Å²) in [6, 6.07) is 5.07. The molecule has 2 N–H and O–H groups in total. The minimum absolute atomic E-state index is 0.155. The van der Waals surface area contributed by atoms with Crippen molar-refractivity contribution in [3.05, 3.63) is 23.8 Å². The van der Waals surface area contributed by atoms with Crippen LogP contribution in [0.5, 0.6) is 11.5 Å². The number of rotatable bonds is 5. The maximum absolute atomic E-state index is 12.2. The molecule has 5 nitrogen and oxygen atoms in total. The van der Waals surface area contributed by atoms with Gasteiger partial charge in [-0.15, -0.1) is 0 Å². The molecule has 0 bridgehead atoms. The second-order valence-electron chi connectivity index (χ2n) is 5.39. The molecule has 21 heavy (non-hydrogen) atoms. The first-order valence-corrected chi connectivity index (χ1v) is 7.34.